The molecule has 6 heteroatoms. The van der Waals surface area contributed by atoms with Gasteiger partial charge in [0.05, 0.1) is 0 Å². The van der Waals surface area contributed by atoms with Crippen LogP contribution in [0.3, 0.4) is 0 Å². The van der Waals surface area contributed by atoms with Crippen LogP contribution in [0.4, 0.5) is 0 Å². The maximum atomic E-state index is 11.9. The van der Waals surface area contributed by atoms with Gasteiger partial charge in [-0.25, -0.2) is 4.79 Å². The molecule has 0 aromatic heterocycles. The summed E-state index contributed by atoms with van der Waals surface area (Å²) >= 11 is 0. The molecule has 0 aliphatic heterocycles. The normalized spacial score (nSPS) is 11.7. The minimum atomic E-state index is -1.19. The van der Waals surface area contributed by atoms with Crippen LogP contribution in [-0.4, -0.2) is 28.9 Å². The third-order valence-corrected chi connectivity index (χ3v) is 2.91. The van der Waals surface area contributed by atoms with Crippen molar-refractivity contribution in [1.82, 2.24) is 5.32 Å². The van der Waals surface area contributed by atoms with Gasteiger partial charge in [-0.2, -0.15) is 0 Å². The Morgan fingerprint density at radius 2 is 1.85 bits per heavy atom. The number of hydrogen-bond donors (Lipinski definition) is 3. The number of primary amides is 1. The van der Waals surface area contributed by atoms with E-state index in [2.05, 4.69) is 5.32 Å². The fourth-order valence-electron chi connectivity index (χ4n) is 1.68. The van der Waals surface area contributed by atoms with Gasteiger partial charge in [0.1, 0.15) is 6.04 Å². The van der Waals surface area contributed by atoms with Gasteiger partial charge in [-0.15, -0.1) is 0 Å². The number of carboxylic acid groups (broad SMARTS) is 1. The summed E-state index contributed by atoms with van der Waals surface area (Å²) in [7, 11) is 0. The van der Waals surface area contributed by atoms with E-state index in [9.17, 15) is 14.4 Å². The second kappa shape index (κ2) is 7.28. The summed E-state index contributed by atoms with van der Waals surface area (Å²) < 4.78 is 0. The van der Waals surface area contributed by atoms with E-state index in [1.165, 1.54) is 0 Å². The average Bonchev–Trinajstić information content (AvgIpc) is 2.42. The largest absolute Gasteiger partial charge is 0.480 e. The summed E-state index contributed by atoms with van der Waals surface area (Å²) in [6.07, 6.45) is 0.744. The molecule has 0 heterocycles. The number of hydrogen-bond acceptors (Lipinski definition) is 3. The first-order valence-corrected chi connectivity index (χ1v) is 6.35. The zero-order valence-corrected chi connectivity index (χ0v) is 11.3. The molecule has 0 fully saturated rings. The van der Waals surface area contributed by atoms with E-state index in [1.54, 1.807) is 12.1 Å². The predicted molar refractivity (Wildman–Crippen MR) is 73.1 cm³/mol. The molecule has 1 aromatic rings. The fourth-order valence-corrected chi connectivity index (χ4v) is 1.68. The van der Waals surface area contributed by atoms with E-state index >= 15 is 0 Å². The molecule has 0 unspecified atom stereocenters. The Labute approximate surface area is 117 Å². The molecule has 0 saturated carbocycles. The lowest BCUT2D eigenvalue weighted by atomic mass is 10.1. The highest BCUT2D eigenvalue weighted by molar-refractivity contribution is 5.96. The molecule has 4 N–H and O–H groups in total. The third-order valence-electron chi connectivity index (χ3n) is 2.91. The lowest BCUT2D eigenvalue weighted by molar-refractivity contribution is -0.139. The van der Waals surface area contributed by atoms with Crippen LogP contribution in [0.25, 0.3) is 0 Å². The molecule has 1 aromatic carbocycles. The second-order valence-corrected chi connectivity index (χ2v) is 4.42. The average molecular weight is 278 g/mol. The predicted octanol–water partition coefficient (Wildman–Crippen LogP) is 0.698. The second-order valence-electron chi connectivity index (χ2n) is 4.42. The van der Waals surface area contributed by atoms with Crippen LogP contribution in [0.2, 0.25) is 0 Å². The molecule has 0 spiro atoms. The number of amides is 2. The molecule has 0 aliphatic rings. The minimum Gasteiger partial charge on any atom is -0.480 e. The number of nitrogens with two attached hydrogens (primary N) is 1. The highest BCUT2D eigenvalue weighted by Gasteiger charge is 2.21. The number of aryl methyl sites for hydroxylation is 1. The van der Waals surface area contributed by atoms with Gasteiger partial charge in [-0.1, -0.05) is 19.1 Å². The monoisotopic (exact) mass is 278 g/mol. The van der Waals surface area contributed by atoms with E-state index in [0.717, 1.165) is 12.0 Å². The maximum absolute atomic E-state index is 11.9. The highest BCUT2D eigenvalue weighted by Crippen LogP contribution is 2.06. The Bertz CT molecular complexity index is 496. The van der Waals surface area contributed by atoms with Crippen molar-refractivity contribution in [3.05, 3.63) is 35.4 Å². The molecule has 0 radical (unpaired) electrons. The van der Waals surface area contributed by atoms with Crippen molar-refractivity contribution in [1.29, 1.82) is 0 Å². The van der Waals surface area contributed by atoms with Gasteiger partial charge in [0.15, 0.2) is 0 Å². The Morgan fingerprint density at radius 1 is 1.25 bits per heavy atom. The van der Waals surface area contributed by atoms with E-state index in [0.29, 0.717) is 5.56 Å². The van der Waals surface area contributed by atoms with Gasteiger partial charge in [-0.3, -0.25) is 9.59 Å². The van der Waals surface area contributed by atoms with Crippen LogP contribution >= 0.6 is 0 Å². The summed E-state index contributed by atoms with van der Waals surface area (Å²) in [6, 6.07) is 5.78. The first kappa shape index (κ1) is 15.7. The molecule has 1 atom stereocenters. The quantitative estimate of drug-likeness (QED) is 0.681. The molecular weight excluding hydrogens is 260 g/mol. The van der Waals surface area contributed by atoms with E-state index in [1.807, 2.05) is 19.1 Å². The van der Waals surface area contributed by atoms with Crippen LogP contribution in [0.15, 0.2) is 24.3 Å². The Hall–Kier alpha value is -2.37. The molecule has 6 nitrogen and oxygen atoms in total. The third kappa shape index (κ3) is 4.72. The van der Waals surface area contributed by atoms with Crippen LogP contribution in [-0.2, 0) is 16.0 Å². The number of rotatable bonds is 7. The number of aliphatic carboxylic acids is 1. The molecule has 20 heavy (non-hydrogen) atoms. The lowest BCUT2D eigenvalue weighted by Gasteiger charge is -2.13. The number of carboxylic acids is 1. The molecule has 108 valence electrons. The standard InChI is InChI=1S/C14H18N2O4/c1-2-9-3-5-10(6-4-9)13(18)16-11(14(19)20)7-8-12(15)17/h3-6,11H,2,7-8H2,1H3,(H2,15,17)(H,16,18)(H,19,20)/t11-/m0/s1. The van der Waals surface area contributed by atoms with Crippen molar-refractivity contribution in [2.75, 3.05) is 0 Å². The van der Waals surface area contributed by atoms with Crippen molar-refractivity contribution < 1.29 is 19.5 Å². The maximum Gasteiger partial charge on any atom is 0.326 e. The Kier molecular flexibility index (Phi) is 5.71. The SMILES string of the molecule is CCc1ccc(C(=O)N[C@@H](CCC(N)=O)C(=O)O)cc1. The zero-order chi connectivity index (χ0) is 15.1. The first-order valence-electron chi connectivity index (χ1n) is 6.35. The summed E-state index contributed by atoms with van der Waals surface area (Å²) in [4.78, 5) is 33.6. The number of benzene rings is 1. The van der Waals surface area contributed by atoms with Gasteiger partial charge in [0.2, 0.25) is 5.91 Å². The fraction of sp³-hybridized carbons (Fsp3) is 0.357. The summed E-state index contributed by atoms with van der Waals surface area (Å²) in [5.41, 5.74) is 6.44. The van der Waals surface area contributed by atoms with Crippen molar-refractivity contribution in [3.8, 4) is 0 Å². The van der Waals surface area contributed by atoms with Gasteiger partial charge < -0.3 is 16.2 Å². The molecule has 2 amide bonds. The smallest absolute Gasteiger partial charge is 0.326 e. The summed E-state index contributed by atoms with van der Waals surface area (Å²) in [6.45, 7) is 2.00. The van der Waals surface area contributed by atoms with Crippen molar-refractivity contribution in [3.63, 3.8) is 0 Å². The Morgan fingerprint density at radius 3 is 2.30 bits per heavy atom. The van der Waals surface area contributed by atoms with Crippen LogP contribution in [0.5, 0.6) is 0 Å². The first-order chi connectivity index (χ1) is 9.43. The molecular formula is C14H18N2O4. The van der Waals surface area contributed by atoms with Crippen molar-refractivity contribution >= 4 is 17.8 Å². The minimum absolute atomic E-state index is 0.0244. The van der Waals surface area contributed by atoms with E-state index < -0.39 is 23.8 Å². The van der Waals surface area contributed by atoms with Crippen LogP contribution in [0.1, 0.15) is 35.7 Å². The number of carbonyl (C=O) groups excluding carboxylic acids is 2. The van der Waals surface area contributed by atoms with Crippen molar-refractivity contribution in [2.45, 2.75) is 32.2 Å². The van der Waals surface area contributed by atoms with Gasteiger partial charge in [-0.05, 0) is 30.5 Å². The lowest BCUT2D eigenvalue weighted by Crippen LogP contribution is -2.41. The summed E-state index contributed by atoms with van der Waals surface area (Å²) in [5.74, 6) is -2.27. The van der Waals surface area contributed by atoms with E-state index in [-0.39, 0.29) is 12.8 Å². The Balaban J connectivity index is 2.69. The molecule has 1 rings (SSSR count). The van der Waals surface area contributed by atoms with Crippen LogP contribution in [0, 0.1) is 0 Å². The topological polar surface area (TPSA) is 109 Å². The zero-order valence-electron chi connectivity index (χ0n) is 11.3. The van der Waals surface area contributed by atoms with Crippen LogP contribution < -0.4 is 11.1 Å². The van der Waals surface area contributed by atoms with Gasteiger partial charge in [0, 0.05) is 12.0 Å². The molecule has 0 bridgehead atoms. The van der Waals surface area contributed by atoms with Crippen molar-refractivity contribution in [2.24, 2.45) is 5.73 Å². The summed E-state index contributed by atoms with van der Waals surface area (Å²) in [5, 5.41) is 11.4. The molecule has 0 aliphatic carbocycles. The van der Waals surface area contributed by atoms with Gasteiger partial charge in [0.25, 0.3) is 5.91 Å². The number of nitrogens with one attached hydrogen (secondary N) is 1. The van der Waals surface area contributed by atoms with Gasteiger partial charge >= 0.3 is 5.97 Å². The van der Waals surface area contributed by atoms with E-state index in [4.69, 9.17) is 10.8 Å². The number of carbonyl (C=O) groups is 3. The molecule has 0 saturated heterocycles. The highest BCUT2D eigenvalue weighted by atomic mass is 16.4.